The van der Waals surface area contributed by atoms with Crippen LogP contribution in [0.4, 0.5) is 17.1 Å². The molecule has 0 atom stereocenters. The number of aliphatic hydroxyl groups is 1. The van der Waals surface area contributed by atoms with Crippen LogP contribution in [0.3, 0.4) is 0 Å². The number of fused-ring (bicyclic) bond motifs is 6. The van der Waals surface area contributed by atoms with Crippen molar-refractivity contribution in [3.63, 3.8) is 0 Å². The molecule has 0 saturated carbocycles. The Kier molecular flexibility index (Phi) is 34.6. The Labute approximate surface area is 674 Å². The summed E-state index contributed by atoms with van der Waals surface area (Å²) in [5.74, 6) is -0.395. The van der Waals surface area contributed by atoms with Gasteiger partial charge in [0.25, 0.3) is 0 Å². The minimum Gasteiger partial charge on any atom is -1.00 e. The first-order valence-electron chi connectivity index (χ1n) is 36.2. The van der Waals surface area contributed by atoms with Crippen molar-refractivity contribution in [3.8, 4) is 0 Å². The van der Waals surface area contributed by atoms with E-state index >= 15 is 0 Å². The summed E-state index contributed by atoms with van der Waals surface area (Å²) in [6.45, 7) is 11.8. The van der Waals surface area contributed by atoms with Crippen LogP contribution in [0.2, 0.25) is 0 Å². The normalized spacial score (nSPS) is 13.8. The summed E-state index contributed by atoms with van der Waals surface area (Å²) >= 11 is 5.31. The van der Waals surface area contributed by atoms with Gasteiger partial charge in [-0.3, -0.25) is 14.4 Å². The Hall–Kier alpha value is -8.53. The molecule has 0 unspecified atom stereocenters. The van der Waals surface area contributed by atoms with Crippen LogP contribution in [-0.2, 0) is 48.2 Å². The molecule has 6 heterocycles. The molecule has 19 heteroatoms. The van der Waals surface area contributed by atoms with Gasteiger partial charge in [-0.2, -0.15) is 13.7 Å². The summed E-state index contributed by atoms with van der Waals surface area (Å²) in [4.78, 5) is 45.4. The molecule has 556 valence electrons. The molecule has 0 fully saturated rings. The number of para-hydroxylation sites is 6. The van der Waals surface area contributed by atoms with E-state index in [-0.39, 0.29) is 75.5 Å². The van der Waals surface area contributed by atoms with Crippen molar-refractivity contribution in [2.75, 3.05) is 61.3 Å². The molecule has 0 amide bonds. The fourth-order valence-electron chi connectivity index (χ4n) is 13.0. The maximum Gasteiger partial charge on any atom is 0.306 e. The first-order chi connectivity index (χ1) is 51.1. The average molecular weight is 1680 g/mol. The maximum atomic E-state index is 11.6. The highest BCUT2D eigenvalue weighted by Crippen LogP contribution is 2.48. The van der Waals surface area contributed by atoms with Crippen molar-refractivity contribution < 1.29 is 98.3 Å². The van der Waals surface area contributed by atoms with E-state index in [0.29, 0.717) is 39.0 Å². The molecule has 107 heavy (non-hydrogen) atoms. The summed E-state index contributed by atoms with van der Waals surface area (Å²) in [5, 5.41) is 16.7. The van der Waals surface area contributed by atoms with Crippen LogP contribution in [-0.4, -0.2) is 69.6 Å². The molecule has 3 aliphatic heterocycles. The van der Waals surface area contributed by atoms with Gasteiger partial charge in [0.2, 0.25) is 16.6 Å². The third-order valence-corrected chi connectivity index (χ3v) is 21.3. The van der Waals surface area contributed by atoms with Gasteiger partial charge in [0.1, 0.15) is 13.1 Å². The minimum atomic E-state index is -0.160. The highest BCUT2D eigenvalue weighted by atomic mass is 79.9. The monoisotopic (exact) mass is 1680 g/mol. The number of aryl methyl sites for hydroxylation is 2. The molecule has 1 N–H and O–H groups in total. The number of esters is 3. The van der Waals surface area contributed by atoms with Crippen LogP contribution < -0.4 is 79.3 Å². The predicted molar refractivity (Wildman–Crippen MR) is 428 cm³/mol. The van der Waals surface area contributed by atoms with Gasteiger partial charge >= 0.3 is 17.9 Å². The summed E-state index contributed by atoms with van der Waals surface area (Å²) in [5.41, 5.74) is 12.1. The summed E-state index contributed by atoms with van der Waals surface area (Å²) in [6.07, 6.45) is 32.7. The number of hydrogen-bond donors (Lipinski definition) is 1. The van der Waals surface area contributed by atoms with Gasteiger partial charge in [-0.15, -0.1) is 0 Å². The van der Waals surface area contributed by atoms with Gasteiger partial charge in [0.05, 0.1) is 81.7 Å². The molecule has 13 rings (SSSR count). The largest absolute Gasteiger partial charge is 1.00 e. The molecule has 7 aromatic carbocycles. The SMILES string of the molecule is CCC[n+]1ccc(C=CC=C2Sc3ccccc3N2CCCC(=O)OC)c2ccccc21.CCOC(=O)CCCCCN1C(=CC=Cc2cc[n+](Cc3ccccc3)c3ccccc23)Sc2ccccc21.CCOC(=O)CCC[n+]1ccc(C=CC=C2Sc3ccccc3N2CCO)c2ccccc21.[Br-].[Br-].[Br-]. The number of nitrogens with zero attached hydrogens (tertiary/aromatic N) is 6. The Bertz CT molecular complexity index is 4800. The minimum absolute atomic E-state index is 0. The number of allylic oxidation sites excluding steroid dienone is 6. The number of aliphatic hydroxyl groups excluding tert-OH is 1. The number of halogens is 3. The molecule has 3 aliphatic rings. The second-order valence-corrected chi connectivity index (χ2v) is 28.2. The van der Waals surface area contributed by atoms with Crippen LogP contribution in [0, 0.1) is 0 Å². The molecule has 0 aliphatic carbocycles. The molecular formula is C88H93Br3N6O7S3. The molecule has 0 bridgehead atoms. The Morgan fingerprint density at radius 1 is 0.411 bits per heavy atom. The second-order valence-electron chi connectivity index (χ2n) is 25.0. The lowest BCUT2D eigenvalue weighted by Gasteiger charge is -2.20. The first-order valence-corrected chi connectivity index (χ1v) is 38.6. The second kappa shape index (κ2) is 44.1. The number of rotatable bonds is 28. The molecule has 0 spiro atoms. The van der Waals surface area contributed by atoms with Gasteiger partial charge in [0, 0.05) is 102 Å². The van der Waals surface area contributed by atoms with Crippen molar-refractivity contribution in [2.24, 2.45) is 0 Å². The van der Waals surface area contributed by atoms with E-state index < -0.39 is 0 Å². The third kappa shape index (κ3) is 23.0. The molecular weight excluding hydrogens is 1590 g/mol. The number of benzene rings is 7. The topological polar surface area (TPSA) is 120 Å². The third-order valence-electron chi connectivity index (χ3n) is 18.0. The number of ether oxygens (including phenoxy) is 3. The number of anilines is 3. The average Bonchev–Trinajstić information content (AvgIpc) is 1.77. The number of β-amino-alcohol motifs (C(OH)–C–C–N with tert-alkyl or cyclic N) is 1. The van der Waals surface area contributed by atoms with E-state index in [1.54, 1.807) is 23.5 Å². The zero-order valence-corrected chi connectivity index (χ0v) is 68.3. The van der Waals surface area contributed by atoms with Crippen LogP contribution in [0.15, 0.2) is 279 Å². The Balaban J connectivity index is 0.000000201. The lowest BCUT2D eigenvalue weighted by molar-refractivity contribution is -0.671. The summed E-state index contributed by atoms with van der Waals surface area (Å²) in [7, 11) is 1.44. The van der Waals surface area contributed by atoms with Gasteiger partial charge in [0.15, 0.2) is 25.1 Å². The number of pyridine rings is 3. The fraction of sp³-hybridized carbons (Fsp3) is 0.250. The fourth-order valence-corrected chi connectivity index (χ4v) is 16.3. The van der Waals surface area contributed by atoms with Crippen LogP contribution in [0.5, 0.6) is 0 Å². The highest BCUT2D eigenvalue weighted by Gasteiger charge is 2.27. The number of thioether (sulfide) groups is 3. The van der Waals surface area contributed by atoms with Crippen LogP contribution in [0.1, 0.15) is 101 Å². The molecule has 10 aromatic rings. The van der Waals surface area contributed by atoms with Crippen LogP contribution in [0.25, 0.3) is 50.9 Å². The lowest BCUT2D eigenvalue weighted by atomic mass is 10.1. The standard InChI is InChI=1S/C34H35N2O2S.C27H29N2O3S.C27H29N2O2S.3BrH/c1-2-38-34(37)22-7-4-12-24-36-31-19-10-11-20-32(31)39-33(36)21-13-16-28-23-25-35(26-27-14-5-3-6-15-27)30-18-9-8-17-29(28)30;1-2-32-27(31)15-8-17-28-18-16-21(22-10-3-4-11-23(22)28)9-7-14-26-29(19-20-30)24-12-5-6-13-25(24)33-26;1-3-18-28-20-17-21(22-11-4-5-12-23(22)28)10-8-15-26-29(19-9-16-27(30)31-2)24-13-6-7-14-25(24)32-26;;;/h3,5-6,8-11,13-21,23,25H,2,4,7,12,22,24,26H2,1H3;3-7,9-14,16,18,30H,2,8,15,17,19-20H2,1H3;4-8,10-15,17,20H,3,9,16,18-19H2,1-2H3;3*1H/q3*+1;;;/p-3. The zero-order chi connectivity index (χ0) is 72.2. The summed E-state index contributed by atoms with van der Waals surface area (Å²) in [6, 6.07) is 67.9. The Morgan fingerprint density at radius 3 is 1.24 bits per heavy atom. The van der Waals surface area contributed by atoms with Crippen molar-refractivity contribution in [1.29, 1.82) is 0 Å². The van der Waals surface area contributed by atoms with Crippen molar-refractivity contribution in [3.05, 3.63) is 287 Å². The van der Waals surface area contributed by atoms with Crippen molar-refractivity contribution in [2.45, 2.75) is 113 Å². The number of carbonyl (C=O) groups is 3. The number of unbranched alkanes of at least 4 members (excludes halogenated alkanes) is 2. The lowest BCUT2D eigenvalue weighted by Crippen LogP contribution is -3.00. The number of hydrogen-bond acceptors (Lipinski definition) is 13. The quantitative estimate of drug-likeness (QED) is 0.0217. The summed E-state index contributed by atoms with van der Waals surface area (Å²) < 4.78 is 21.7. The van der Waals surface area contributed by atoms with Gasteiger partial charge in [-0.05, 0) is 123 Å². The van der Waals surface area contributed by atoms with Crippen molar-refractivity contribution in [1.82, 2.24) is 0 Å². The van der Waals surface area contributed by atoms with Crippen molar-refractivity contribution >= 4 is 121 Å². The van der Waals surface area contributed by atoms with E-state index in [1.807, 2.05) is 49.9 Å². The van der Waals surface area contributed by atoms with Gasteiger partial charge < -0.3 is 85.0 Å². The van der Waals surface area contributed by atoms with E-state index in [1.165, 1.54) is 87.1 Å². The number of carbonyl (C=O) groups excluding carboxylic acids is 3. The molecule has 0 saturated heterocycles. The molecule has 13 nitrogen and oxygen atoms in total. The van der Waals surface area contributed by atoms with E-state index in [2.05, 4.69) is 278 Å². The van der Waals surface area contributed by atoms with Gasteiger partial charge in [-0.1, -0.05) is 188 Å². The first kappa shape index (κ1) is 84.1. The van der Waals surface area contributed by atoms with E-state index in [9.17, 15) is 19.5 Å². The Morgan fingerprint density at radius 2 is 0.794 bits per heavy atom. The van der Waals surface area contributed by atoms with E-state index in [4.69, 9.17) is 14.2 Å². The van der Waals surface area contributed by atoms with Gasteiger partial charge in [-0.25, -0.2) is 0 Å². The molecule has 3 aromatic heterocycles. The smallest absolute Gasteiger partial charge is 0.306 e. The maximum absolute atomic E-state index is 11.6. The predicted octanol–water partition coefficient (Wildman–Crippen LogP) is 9.67. The number of aromatic nitrogens is 3. The zero-order valence-electron chi connectivity index (χ0n) is 61.1. The van der Waals surface area contributed by atoms with E-state index in [0.717, 1.165) is 93.0 Å². The number of methoxy groups -OCH3 is 1. The highest BCUT2D eigenvalue weighted by molar-refractivity contribution is 8.04. The van der Waals surface area contributed by atoms with Crippen LogP contribution >= 0.6 is 35.3 Å². The molecule has 0 radical (unpaired) electrons.